The summed E-state index contributed by atoms with van der Waals surface area (Å²) in [5.41, 5.74) is 0.330. The molecule has 0 amide bonds. The summed E-state index contributed by atoms with van der Waals surface area (Å²) in [6.07, 6.45) is 7.07. The van der Waals surface area contributed by atoms with Crippen molar-refractivity contribution in [1.29, 1.82) is 0 Å². The third-order valence-corrected chi connectivity index (χ3v) is 10.5. The van der Waals surface area contributed by atoms with Crippen molar-refractivity contribution in [1.82, 2.24) is 8.61 Å². The van der Waals surface area contributed by atoms with Crippen molar-refractivity contribution in [3.05, 3.63) is 59.9 Å². The van der Waals surface area contributed by atoms with Crippen molar-refractivity contribution in [2.45, 2.75) is 73.7 Å². The number of hydrogen-bond acceptors (Lipinski definition) is 4. The van der Waals surface area contributed by atoms with Gasteiger partial charge in [0.05, 0.1) is 9.79 Å². The zero-order valence-corrected chi connectivity index (χ0v) is 20.3. The Hall–Kier alpha value is -1.81. The third kappa shape index (κ3) is 5.31. The number of rotatable bonds is 7. The molecular weight excluding hydrogens is 463 g/mol. The first-order chi connectivity index (χ1) is 15.8. The van der Waals surface area contributed by atoms with Crippen molar-refractivity contribution < 1.29 is 21.2 Å². The Morgan fingerprint density at radius 1 is 0.788 bits per heavy atom. The summed E-state index contributed by atoms with van der Waals surface area (Å²) in [6, 6.07) is 11.5. The molecule has 0 aromatic heterocycles. The fourth-order valence-corrected chi connectivity index (χ4v) is 7.93. The second kappa shape index (κ2) is 10.2. The number of piperidine rings is 1. The molecule has 0 unspecified atom stereocenters. The van der Waals surface area contributed by atoms with Crippen LogP contribution in [-0.2, 0) is 26.6 Å². The van der Waals surface area contributed by atoms with Crippen molar-refractivity contribution >= 4 is 20.0 Å². The second-order valence-corrected chi connectivity index (χ2v) is 12.7. The molecule has 4 rings (SSSR count). The summed E-state index contributed by atoms with van der Waals surface area (Å²) in [5, 5.41) is 0. The molecule has 1 aliphatic heterocycles. The van der Waals surface area contributed by atoms with Gasteiger partial charge in [-0.25, -0.2) is 21.2 Å². The Morgan fingerprint density at radius 3 is 2.00 bits per heavy atom. The molecule has 2 aromatic carbocycles. The van der Waals surface area contributed by atoms with Crippen LogP contribution in [0, 0.1) is 5.82 Å². The number of sulfonamides is 2. The SMILES string of the molecule is O=S(=O)(c1ccc(S(=O)(=O)N(Cc2ccccc2F)C2CCCCC2)cc1)N1CCCCC1. The minimum atomic E-state index is -3.94. The minimum Gasteiger partial charge on any atom is -0.207 e. The highest BCUT2D eigenvalue weighted by Crippen LogP contribution is 2.31. The average Bonchev–Trinajstić information content (AvgIpc) is 2.84. The molecule has 1 heterocycles. The molecule has 180 valence electrons. The van der Waals surface area contributed by atoms with E-state index >= 15 is 0 Å². The van der Waals surface area contributed by atoms with Crippen LogP contribution in [0.2, 0.25) is 0 Å². The maximum Gasteiger partial charge on any atom is 0.243 e. The molecule has 2 aromatic rings. The van der Waals surface area contributed by atoms with Crippen molar-refractivity contribution in [3.8, 4) is 0 Å². The number of nitrogens with zero attached hydrogens (tertiary/aromatic N) is 2. The maximum absolute atomic E-state index is 14.4. The van der Waals surface area contributed by atoms with Gasteiger partial charge in [0.2, 0.25) is 20.0 Å². The van der Waals surface area contributed by atoms with Gasteiger partial charge < -0.3 is 0 Å². The van der Waals surface area contributed by atoms with Crippen LogP contribution in [0.5, 0.6) is 0 Å². The van der Waals surface area contributed by atoms with E-state index < -0.39 is 25.9 Å². The molecule has 0 bridgehead atoms. The van der Waals surface area contributed by atoms with E-state index in [-0.39, 0.29) is 22.4 Å². The van der Waals surface area contributed by atoms with Crippen molar-refractivity contribution in [3.63, 3.8) is 0 Å². The Kier molecular flexibility index (Phi) is 7.53. The third-order valence-electron chi connectivity index (χ3n) is 6.65. The Labute approximate surface area is 196 Å². The molecule has 2 aliphatic rings. The smallest absolute Gasteiger partial charge is 0.207 e. The van der Waals surface area contributed by atoms with Gasteiger partial charge in [-0.05, 0) is 56.0 Å². The normalized spacial score (nSPS) is 19.1. The summed E-state index contributed by atoms with van der Waals surface area (Å²) in [4.78, 5) is 0.128. The van der Waals surface area contributed by atoms with Crippen LogP contribution in [0.4, 0.5) is 4.39 Å². The fourth-order valence-electron chi connectivity index (χ4n) is 4.75. The fraction of sp³-hybridized carbons (Fsp3) is 0.500. The quantitative estimate of drug-likeness (QED) is 0.567. The predicted molar refractivity (Wildman–Crippen MR) is 125 cm³/mol. The lowest BCUT2D eigenvalue weighted by Gasteiger charge is -2.33. The molecule has 0 radical (unpaired) electrons. The van der Waals surface area contributed by atoms with Crippen LogP contribution < -0.4 is 0 Å². The molecule has 0 atom stereocenters. The van der Waals surface area contributed by atoms with E-state index in [1.807, 2.05) is 0 Å². The van der Waals surface area contributed by atoms with E-state index in [4.69, 9.17) is 0 Å². The second-order valence-electron chi connectivity index (χ2n) is 8.87. The van der Waals surface area contributed by atoms with Gasteiger partial charge in [-0.2, -0.15) is 8.61 Å². The monoisotopic (exact) mass is 494 g/mol. The molecule has 6 nitrogen and oxygen atoms in total. The summed E-state index contributed by atoms with van der Waals surface area (Å²) < 4.78 is 70.4. The van der Waals surface area contributed by atoms with Crippen LogP contribution in [-0.4, -0.2) is 44.6 Å². The first-order valence-electron chi connectivity index (χ1n) is 11.7. The minimum absolute atomic E-state index is 0.0296. The molecule has 0 N–H and O–H groups in total. The zero-order valence-electron chi connectivity index (χ0n) is 18.7. The Balaban J connectivity index is 1.63. The largest absolute Gasteiger partial charge is 0.243 e. The molecule has 33 heavy (non-hydrogen) atoms. The maximum atomic E-state index is 14.4. The van der Waals surface area contributed by atoms with Gasteiger partial charge >= 0.3 is 0 Å². The van der Waals surface area contributed by atoms with Crippen molar-refractivity contribution in [2.24, 2.45) is 0 Å². The van der Waals surface area contributed by atoms with Gasteiger partial charge in [0, 0.05) is 31.2 Å². The number of benzene rings is 2. The molecule has 0 spiro atoms. The highest BCUT2D eigenvalue weighted by Gasteiger charge is 2.34. The Morgan fingerprint density at radius 2 is 1.36 bits per heavy atom. The van der Waals surface area contributed by atoms with Crippen LogP contribution in [0.3, 0.4) is 0 Å². The van der Waals surface area contributed by atoms with E-state index in [0.717, 1.165) is 51.4 Å². The van der Waals surface area contributed by atoms with Gasteiger partial charge in [-0.3, -0.25) is 0 Å². The summed E-state index contributed by atoms with van der Waals surface area (Å²) in [6.45, 7) is 0.925. The molecule has 9 heteroatoms. The van der Waals surface area contributed by atoms with Crippen molar-refractivity contribution in [2.75, 3.05) is 13.1 Å². The lowest BCUT2D eigenvalue weighted by molar-refractivity contribution is 0.245. The van der Waals surface area contributed by atoms with Gasteiger partial charge in [0.1, 0.15) is 5.82 Å². The van der Waals surface area contributed by atoms with E-state index in [9.17, 15) is 21.2 Å². The van der Waals surface area contributed by atoms with Crippen LogP contribution in [0.1, 0.15) is 56.9 Å². The highest BCUT2D eigenvalue weighted by molar-refractivity contribution is 7.89. The van der Waals surface area contributed by atoms with Crippen LogP contribution >= 0.6 is 0 Å². The molecule has 1 aliphatic carbocycles. The molecule has 1 saturated heterocycles. The summed E-state index contributed by atoms with van der Waals surface area (Å²) in [7, 11) is -7.59. The first kappa shape index (κ1) is 24.3. The zero-order chi connectivity index (χ0) is 23.5. The Bertz CT molecular complexity index is 1160. The standard InChI is InChI=1S/C24H31FN2O4S2/c25-24-12-6-5-9-20(24)19-27(21-10-3-1-4-11-21)33(30,31)23-15-13-22(14-16-23)32(28,29)26-17-7-2-8-18-26/h5-6,9,12-16,21H,1-4,7-8,10-11,17-19H2. The topological polar surface area (TPSA) is 74.8 Å². The van der Waals surface area contributed by atoms with Crippen LogP contribution in [0.15, 0.2) is 58.3 Å². The lowest BCUT2D eigenvalue weighted by Crippen LogP contribution is -2.41. The lowest BCUT2D eigenvalue weighted by atomic mass is 9.95. The van der Waals surface area contributed by atoms with E-state index in [2.05, 4.69) is 0 Å². The van der Waals surface area contributed by atoms with Gasteiger partial charge in [0.15, 0.2) is 0 Å². The molecule has 2 fully saturated rings. The summed E-state index contributed by atoms with van der Waals surface area (Å²) >= 11 is 0. The number of hydrogen-bond donors (Lipinski definition) is 0. The van der Waals surface area contributed by atoms with Gasteiger partial charge in [-0.1, -0.05) is 43.9 Å². The van der Waals surface area contributed by atoms with Gasteiger partial charge in [-0.15, -0.1) is 0 Å². The first-order valence-corrected chi connectivity index (χ1v) is 14.5. The average molecular weight is 495 g/mol. The highest BCUT2D eigenvalue weighted by atomic mass is 32.2. The summed E-state index contributed by atoms with van der Waals surface area (Å²) in [5.74, 6) is -0.434. The number of halogens is 1. The van der Waals surface area contributed by atoms with Gasteiger partial charge in [0.25, 0.3) is 0 Å². The predicted octanol–water partition coefficient (Wildman–Crippen LogP) is 4.52. The molecular formula is C24H31FN2O4S2. The van der Waals surface area contributed by atoms with E-state index in [1.54, 1.807) is 18.2 Å². The van der Waals surface area contributed by atoms with Crippen LogP contribution in [0.25, 0.3) is 0 Å². The van der Waals surface area contributed by atoms with E-state index in [1.165, 1.54) is 38.9 Å². The van der Waals surface area contributed by atoms with E-state index in [0.29, 0.717) is 18.7 Å². The molecule has 1 saturated carbocycles.